The maximum Gasteiger partial charge on any atom is 0.223 e. The standard InChI is InChI=1S/C21H31N5O/c1-15-23-13-19(25(15)5)18-12-22-11-17(24-18)9-16-7-6-8-26(14-16)20(27)10-21(2,3)4/h11-13,16H,6-10,14H2,1-5H3/t16-/m0/s1. The van der Waals surface area contributed by atoms with E-state index < -0.39 is 0 Å². The van der Waals surface area contributed by atoms with E-state index in [1.807, 2.05) is 35.8 Å². The largest absolute Gasteiger partial charge is 0.342 e. The van der Waals surface area contributed by atoms with Crippen LogP contribution in [0.25, 0.3) is 11.4 Å². The molecule has 1 amide bonds. The van der Waals surface area contributed by atoms with Crippen LogP contribution in [0.2, 0.25) is 0 Å². The highest BCUT2D eigenvalue weighted by Crippen LogP contribution is 2.25. The van der Waals surface area contributed by atoms with Gasteiger partial charge in [-0.3, -0.25) is 9.78 Å². The third-order valence-corrected chi connectivity index (χ3v) is 5.22. The number of likely N-dealkylation sites (tertiary alicyclic amines) is 1. The van der Waals surface area contributed by atoms with Gasteiger partial charge in [-0.05, 0) is 37.5 Å². The van der Waals surface area contributed by atoms with E-state index in [2.05, 4.69) is 30.7 Å². The van der Waals surface area contributed by atoms with E-state index in [9.17, 15) is 4.79 Å². The zero-order chi connectivity index (χ0) is 19.6. The lowest BCUT2D eigenvalue weighted by molar-refractivity contribution is -0.134. The van der Waals surface area contributed by atoms with Crippen molar-refractivity contribution in [2.24, 2.45) is 18.4 Å². The molecule has 1 fully saturated rings. The summed E-state index contributed by atoms with van der Waals surface area (Å²) in [5.74, 6) is 1.68. The summed E-state index contributed by atoms with van der Waals surface area (Å²) < 4.78 is 2.03. The van der Waals surface area contributed by atoms with Crippen molar-refractivity contribution in [2.45, 2.75) is 53.4 Å². The van der Waals surface area contributed by atoms with Crippen molar-refractivity contribution in [3.05, 3.63) is 30.1 Å². The van der Waals surface area contributed by atoms with Crippen molar-refractivity contribution < 1.29 is 4.79 Å². The normalized spacial score (nSPS) is 18.0. The molecule has 0 unspecified atom stereocenters. The van der Waals surface area contributed by atoms with Crippen LogP contribution >= 0.6 is 0 Å². The Kier molecular flexibility index (Phi) is 5.63. The Labute approximate surface area is 162 Å². The molecule has 2 aromatic heterocycles. The molecule has 0 aromatic carbocycles. The Morgan fingerprint density at radius 1 is 1.26 bits per heavy atom. The Balaban J connectivity index is 1.67. The number of hydrogen-bond acceptors (Lipinski definition) is 4. The molecule has 2 aromatic rings. The first-order chi connectivity index (χ1) is 12.7. The maximum absolute atomic E-state index is 12.6. The highest BCUT2D eigenvalue weighted by atomic mass is 16.2. The molecule has 27 heavy (non-hydrogen) atoms. The van der Waals surface area contributed by atoms with E-state index in [0.29, 0.717) is 12.3 Å². The predicted octanol–water partition coefficient (Wildman–Crippen LogP) is 3.40. The molecule has 3 heterocycles. The van der Waals surface area contributed by atoms with E-state index in [0.717, 1.165) is 55.3 Å². The first-order valence-corrected chi connectivity index (χ1v) is 9.80. The quantitative estimate of drug-likeness (QED) is 0.828. The lowest BCUT2D eigenvalue weighted by atomic mass is 9.89. The second-order valence-electron chi connectivity index (χ2n) is 8.93. The number of imidazole rings is 1. The lowest BCUT2D eigenvalue weighted by Crippen LogP contribution is -2.41. The van der Waals surface area contributed by atoms with Crippen LogP contribution in [0.3, 0.4) is 0 Å². The van der Waals surface area contributed by atoms with Gasteiger partial charge in [-0.2, -0.15) is 0 Å². The first-order valence-electron chi connectivity index (χ1n) is 9.80. The lowest BCUT2D eigenvalue weighted by Gasteiger charge is -2.34. The third-order valence-electron chi connectivity index (χ3n) is 5.22. The number of aromatic nitrogens is 4. The molecule has 0 aliphatic carbocycles. The van der Waals surface area contributed by atoms with Crippen molar-refractivity contribution >= 4 is 5.91 Å². The minimum Gasteiger partial charge on any atom is -0.342 e. The summed E-state index contributed by atoms with van der Waals surface area (Å²) in [5, 5.41) is 0. The number of amides is 1. The van der Waals surface area contributed by atoms with E-state index in [-0.39, 0.29) is 11.3 Å². The van der Waals surface area contributed by atoms with Gasteiger partial charge in [-0.1, -0.05) is 20.8 Å². The second kappa shape index (κ2) is 7.79. The summed E-state index contributed by atoms with van der Waals surface area (Å²) in [4.78, 5) is 28.2. The highest BCUT2D eigenvalue weighted by Gasteiger charge is 2.27. The molecule has 0 bridgehead atoms. The topological polar surface area (TPSA) is 63.9 Å². The Bertz CT molecular complexity index is 805. The molecule has 146 valence electrons. The van der Waals surface area contributed by atoms with Gasteiger partial charge in [0.15, 0.2) is 0 Å². The maximum atomic E-state index is 12.6. The number of nitrogens with zero attached hydrogens (tertiary/aromatic N) is 5. The molecule has 0 radical (unpaired) electrons. The first kappa shape index (κ1) is 19.5. The van der Waals surface area contributed by atoms with Crippen LogP contribution in [-0.2, 0) is 18.3 Å². The monoisotopic (exact) mass is 369 g/mol. The number of hydrogen-bond donors (Lipinski definition) is 0. The van der Waals surface area contributed by atoms with Crippen molar-refractivity contribution in [2.75, 3.05) is 13.1 Å². The van der Waals surface area contributed by atoms with E-state index in [4.69, 9.17) is 4.98 Å². The smallest absolute Gasteiger partial charge is 0.223 e. The molecule has 3 rings (SSSR count). The molecule has 1 aliphatic rings. The van der Waals surface area contributed by atoms with Crippen molar-refractivity contribution in [1.82, 2.24) is 24.4 Å². The summed E-state index contributed by atoms with van der Waals surface area (Å²) in [7, 11) is 1.99. The minimum absolute atomic E-state index is 0.0328. The number of piperidine rings is 1. The second-order valence-corrected chi connectivity index (χ2v) is 8.93. The van der Waals surface area contributed by atoms with E-state index in [1.165, 1.54) is 0 Å². The summed E-state index contributed by atoms with van der Waals surface area (Å²) in [6.45, 7) is 10.0. The van der Waals surface area contributed by atoms with Crippen molar-refractivity contribution in [3.63, 3.8) is 0 Å². The molecular weight excluding hydrogens is 338 g/mol. The zero-order valence-electron chi connectivity index (χ0n) is 17.2. The van der Waals surface area contributed by atoms with E-state index >= 15 is 0 Å². The van der Waals surface area contributed by atoms with Crippen LogP contribution in [-0.4, -0.2) is 43.4 Å². The fraction of sp³-hybridized carbons (Fsp3) is 0.619. The van der Waals surface area contributed by atoms with Gasteiger partial charge in [0, 0.05) is 32.8 Å². The van der Waals surface area contributed by atoms with Gasteiger partial charge in [-0.15, -0.1) is 0 Å². The molecule has 6 nitrogen and oxygen atoms in total. The van der Waals surface area contributed by atoms with Gasteiger partial charge in [-0.25, -0.2) is 9.97 Å². The Hall–Kier alpha value is -2.24. The van der Waals surface area contributed by atoms with Gasteiger partial charge in [0.1, 0.15) is 11.5 Å². The minimum atomic E-state index is 0.0328. The molecular formula is C21H31N5O. The zero-order valence-corrected chi connectivity index (χ0v) is 17.2. The van der Waals surface area contributed by atoms with Gasteiger partial charge < -0.3 is 9.47 Å². The molecule has 6 heteroatoms. The van der Waals surface area contributed by atoms with Crippen LogP contribution in [0.5, 0.6) is 0 Å². The van der Waals surface area contributed by atoms with Crippen LogP contribution in [0, 0.1) is 18.3 Å². The summed E-state index contributed by atoms with van der Waals surface area (Å²) in [5.41, 5.74) is 2.85. The summed E-state index contributed by atoms with van der Waals surface area (Å²) in [6, 6.07) is 0. The van der Waals surface area contributed by atoms with Crippen molar-refractivity contribution in [3.8, 4) is 11.4 Å². The molecule has 0 saturated carbocycles. The van der Waals surface area contributed by atoms with Crippen LogP contribution in [0.1, 0.15) is 51.6 Å². The average Bonchev–Trinajstić information content (AvgIpc) is 2.93. The number of carbonyl (C=O) groups is 1. The van der Waals surface area contributed by atoms with Gasteiger partial charge in [0.2, 0.25) is 5.91 Å². The highest BCUT2D eigenvalue weighted by molar-refractivity contribution is 5.76. The number of aryl methyl sites for hydroxylation is 1. The van der Waals surface area contributed by atoms with Crippen molar-refractivity contribution in [1.29, 1.82) is 0 Å². The van der Waals surface area contributed by atoms with Gasteiger partial charge >= 0.3 is 0 Å². The predicted molar refractivity (Wildman–Crippen MR) is 106 cm³/mol. The molecule has 0 N–H and O–H groups in total. The Morgan fingerprint density at radius 3 is 2.70 bits per heavy atom. The fourth-order valence-electron chi connectivity index (χ4n) is 3.69. The SMILES string of the molecule is Cc1ncc(-c2cncc(C[C@@H]3CCCN(C(=O)CC(C)(C)C)C3)n2)n1C. The van der Waals surface area contributed by atoms with Gasteiger partial charge in [0.05, 0.1) is 23.8 Å². The number of rotatable bonds is 4. The molecule has 0 spiro atoms. The average molecular weight is 370 g/mol. The van der Waals surface area contributed by atoms with Crippen LogP contribution in [0.4, 0.5) is 0 Å². The van der Waals surface area contributed by atoms with Crippen LogP contribution in [0.15, 0.2) is 18.6 Å². The van der Waals surface area contributed by atoms with Gasteiger partial charge in [0.25, 0.3) is 0 Å². The summed E-state index contributed by atoms with van der Waals surface area (Å²) >= 11 is 0. The summed E-state index contributed by atoms with van der Waals surface area (Å²) in [6.07, 6.45) is 9.15. The Morgan fingerprint density at radius 2 is 2.04 bits per heavy atom. The number of carbonyl (C=O) groups excluding carboxylic acids is 1. The van der Waals surface area contributed by atoms with Crippen LogP contribution < -0.4 is 0 Å². The van der Waals surface area contributed by atoms with E-state index in [1.54, 1.807) is 6.20 Å². The molecule has 1 atom stereocenters. The fourth-order valence-corrected chi connectivity index (χ4v) is 3.69. The third kappa shape index (κ3) is 4.93. The molecule has 1 aliphatic heterocycles. The molecule has 1 saturated heterocycles.